The fourth-order valence-electron chi connectivity index (χ4n) is 2.91. The van der Waals surface area contributed by atoms with Crippen LogP contribution in [0.25, 0.3) is 11.3 Å². The molecule has 2 aromatic carbocycles. The van der Waals surface area contributed by atoms with Gasteiger partial charge in [0.05, 0.1) is 11.7 Å². The standard InChI is InChI=1S/C22H22N4O3S/c1-13(23-14(2)27)16-7-9-17(10-8-16)20-12-30-22(25-20)26-21(29)18-5-4-6-19(11-18)24-15(3)28/h4-13H,1-3H3,(H,23,27)(H,24,28)(H,25,26,29). The minimum Gasteiger partial charge on any atom is -0.350 e. The van der Waals surface area contributed by atoms with Crippen LogP contribution in [0.2, 0.25) is 0 Å². The number of benzene rings is 2. The van der Waals surface area contributed by atoms with Crippen LogP contribution in [-0.2, 0) is 9.59 Å². The smallest absolute Gasteiger partial charge is 0.257 e. The quantitative estimate of drug-likeness (QED) is 0.554. The van der Waals surface area contributed by atoms with E-state index in [2.05, 4.69) is 20.9 Å². The van der Waals surface area contributed by atoms with Gasteiger partial charge in [-0.1, -0.05) is 30.3 Å². The molecule has 30 heavy (non-hydrogen) atoms. The molecule has 0 aliphatic rings. The number of hydrogen-bond donors (Lipinski definition) is 3. The number of nitrogens with zero attached hydrogens (tertiary/aromatic N) is 1. The van der Waals surface area contributed by atoms with Crippen molar-refractivity contribution in [3.05, 3.63) is 65.0 Å². The van der Waals surface area contributed by atoms with E-state index in [-0.39, 0.29) is 23.8 Å². The molecule has 0 bridgehead atoms. The molecule has 0 fully saturated rings. The lowest BCUT2D eigenvalue weighted by Gasteiger charge is -2.13. The summed E-state index contributed by atoms with van der Waals surface area (Å²) in [6.07, 6.45) is 0. The Hall–Kier alpha value is -3.52. The van der Waals surface area contributed by atoms with Crippen LogP contribution < -0.4 is 16.0 Å². The van der Waals surface area contributed by atoms with Crippen molar-refractivity contribution in [2.24, 2.45) is 0 Å². The van der Waals surface area contributed by atoms with Gasteiger partial charge in [0.15, 0.2) is 5.13 Å². The summed E-state index contributed by atoms with van der Waals surface area (Å²) in [4.78, 5) is 39.4. The van der Waals surface area contributed by atoms with Crippen LogP contribution in [0.4, 0.5) is 10.8 Å². The maximum Gasteiger partial charge on any atom is 0.257 e. The normalized spacial score (nSPS) is 11.4. The first-order valence-corrected chi connectivity index (χ1v) is 10.2. The third-order valence-electron chi connectivity index (χ3n) is 4.30. The molecule has 1 atom stereocenters. The van der Waals surface area contributed by atoms with Gasteiger partial charge in [-0.2, -0.15) is 0 Å². The minimum absolute atomic E-state index is 0.0740. The van der Waals surface area contributed by atoms with Crippen LogP contribution in [0.15, 0.2) is 53.9 Å². The lowest BCUT2D eigenvalue weighted by atomic mass is 10.1. The molecule has 0 radical (unpaired) electrons. The van der Waals surface area contributed by atoms with Gasteiger partial charge in [0.1, 0.15) is 0 Å². The molecule has 154 valence electrons. The van der Waals surface area contributed by atoms with E-state index in [1.165, 1.54) is 25.2 Å². The van der Waals surface area contributed by atoms with Crippen LogP contribution in [0.3, 0.4) is 0 Å². The maximum atomic E-state index is 12.5. The molecule has 1 unspecified atom stereocenters. The summed E-state index contributed by atoms with van der Waals surface area (Å²) in [5.41, 5.74) is 3.65. The summed E-state index contributed by atoms with van der Waals surface area (Å²) in [5.74, 6) is -0.578. The molecule has 7 nitrogen and oxygen atoms in total. The molecule has 0 spiro atoms. The number of hydrogen-bond acceptors (Lipinski definition) is 5. The van der Waals surface area contributed by atoms with Crippen molar-refractivity contribution in [2.45, 2.75) is 26.8 Å². The van der Waals surface area contributed by atoms with E-state index in [0.29, 0.717) is 16.4 Å². The molecule has 3 aromatic rings. The zero-order valence-corrected chi connectivity index (χ0v) is 17.7. The number of rotatable bonds is 6. The number of aromatic nitrogens is 1. The van der Waals surface area contributed by atoms with Crippen molar-refractivity contribution in [3.63, 3.8) is 0 Å². The summed E-state index contributed by atoms with van der Waals surface area (Å²) < 4.78 is 0. The number of anilines is 2. The highest BCUT2D eigenvalue weighted by Crippen LogP contribution is 2.26. The molecule has 0 aliphatic heterocycles. The van der Waals surface area contributed by atoms with Gasteiger partial charge in [-0.3, -0.25) is 19.7 Å². The molecule has 3 N–H and O–H groups in total. The summed E-state index contributed by atoms with van der Waals surface area (Å²) in [6, 6.07) is 14.4. The largest absolute Gasteiger partial charge is 0.350 e. The van der Waals surface area contributed by atoms with Crippen molar-refractivity contribution in [3.8, 4) is 11.3 Å². The molecule has 0 saturated heterocycles. The SMILES string of the molecule is CC(=O)Nc1cccc(C(=O)Nc2nc(-c3ccc(C(C)NC(C)=O)cc3)cs2)c1. The monoisotopic (exact) mass is 422 g/mol. The molecule has 3 rings (SSSR count). The lowest BCUT2D eigenvalue weighted by Crippen LogP contribution is -2.23. The number of thiazole rings is 1. The van der Waals surface area contributed by atoms with Crippen molar-refractivity contribution >= 4 is 39.9 Å². The van der Waals surface area contributed by atoms with Gasteiger partial charge in [0, 0.05) is 36.0 Å². The average molecular weight is 423 g/mol. The fraction of sp³-hybridized carbons (Fsp3) is 0.182. The van der Waals surface area contributed by atoms with E-state index in [9.17, 15) is 14.4 Å². The van der Waals surface area contributed by atoms with Gasteiger partial charge in [-0.25, -0.2) is 4.98 Å². The molecule has 0 aliphatic carbocycles. The Balaban J connectivity index is 1.68. The van der Waals surface area contributed by atoms with Gasteiger partial charge in [-0.15, -0.1) is 11.3 Å². The van der Waals surface area contributed by atoms with Crippen LogP contribution >= 0.6 is 11.3 Å². The van der Waals surface area contributed by atoms with E-state index >= 15 is 0 Å². The predicted octanol–water partition coefficient (Wildman–Crippen LogP) is 4.22. The van der Waals surface area contributed by atoms with Crippen LogP contribution in [0, 0.1) is 0 Å². The number of carbonyl (C=O) groups excluding carboxylic acids is 3. The van der Waals surface area contributed by atoms with Gasteiger partial charge in [0.25, 0.3) is 5.91 Å². The third kappa shape index (κ3) is 5.51. The first-order chi connectivity index (χ1) is 14.3. The topological polar surface area (TPSA) is 100 Å². The molecular weight excluding hydrogens is 400 g/mol. The van der Waals surface area contributed by atoms with E-state index in [4.69, 9.17) is 0 Å². The first kappa shape index (κ1) is 21.2. The maximum absolute atomic E-state index is 12.5. The van der Waals surface area contributed by atoms with Crippen LogP contribution in [0.1, 0.15) is 42.7 Å². The third-order valence-corrected chi connectivity index (χ3v) is 5.05. The van der Waals surface area contributed by atoms with Crippen molar-refractivity contribution in [1.82, 2.24) is 10.3 Å². The van der Waals surface area contributed by atoms with Gasteiger partial charge < -0.3 is 10.6 Å². The highest BCUT2D eigenvalue weighted by molar-refractivity contribution is 7.14. The van der Waals surface area contributed by atoms with E-state index in [1.807, 2.05) is 36.6 Å². The van der Waals surface area contributed by atoms with E-state index in [1.54, 1.807) is 24.3 Å². The lowest BCUT2D eigenvalue weighted by molar-refractivity contribution is -0.119. The Labute approximate surface area is 178 Å². The van der Waals surface area contributed by atoms with Gasteiger partial charge in [-0.05, 0) is 30.7 Å². The minimum atomic E-state index is -0.303. The summed E-state index contributed by atoms with van der Waals surface area (Å²) in [7, 11) is 0. The molecule has 0 saturated carbocycles. The summed E-state index contributed by atoms with van der Waals surface area (Å²) >= 11 is 1.33. The predicted molar refractivity (Wildman–Crippen MR) is 118 cm³/mol. The fourth-order valence-corrected chi connectivity index (χ4v) is 3.62. The summed E-state index contributed by atoms with van der Waals surface area (Å²) in [5, 5.41) is 10.6. The first-order valence-electron chi connectivity index (χ1n) is 9.34. The Morgan fingerprint density at radius 1 is 0.967 bits per heavy atom. The molecule has 3 amide bonds. The Morgan fingerprint density at radius 2 is 1.70 bits per heavy atom. The van der Waals surface area contributed by atoms with Gasteiger partial charge >= 0.3 is 0 Å². The molecular formula is C22H22N4O3S. The van der Waals surface area contributed by atoms with Crippen molar-refractivity contribution in [2.75, 3.05) is 10.6 Å². The Bertz CT molecular complexity index is 1080. The second kappa shape index (κ2) is 9.32. The molecule has 8 heteroatoms. The molecule has 1 aromatic heterocycles. The zero-order valence-electron chi connectivity index (χ0n) is 16.9. The Morgan fingerprint density at radius 3 is 2.37 bits per heavy atom. The van der Waals surface area contributed by atoms with Gasteiger partial charge in [0.2, 0.25) is 11.8 Å². The van der Waals surface area contributed by atoms with E-state index in [0.717, 1.165) is 16.8 Å². The zero-order chi connectivity index (χ0) is 21.7. The second-order valence-electron chi connectivity index (χ2n) is 6.80. The highest BCUT2D eigenvalue weighted by Gasteiger charge is 2.12. The van der Waals surface area contributed by atoms with Crippen LogP contribution in [0.5, 0.6) is 0 Å². The number of nitrogens with one attached hydrogen (secondary N) is 3. The van der Waals surface area contributed by atoms with Crippen molar-refractivity contribution < 1.29 is 14.4 Å². The average Bonchev–Trinajstić information content (AvgIpc) is 3.15. The highest BCUT2D eigenvalue weighted by atomic mass is 32.1. The number of carbonyl (C=O) groups is 3. The van der Waals surface area contributed by atoms with E-state index < -0.39 is 0 Å². The molecule has 1 heterocycles. The Kier molecular flexibility index (Phi) is 6.58. The number of amides is 3. The van der Waals surface area contributed by atoms with Crippen molar-refractivity contribution in [1.29, 1.82) is 0 Å². The second-order valence-corrected chi connectivity index (χ2v) is 7.66. The summed E-state index contributed by atoms with van der Waals surface area (Å²) in [6.45, 7) is 4.83. The van der Waals surface area contributed by atoms with Crippen LogP contribution in [-0.4, -0.2) is 22.7 Å².